The Balaban J connectivity index is 1.82. The number of hydrogen-bond acceptors (Lipinski definition) is 4. The lowest BCUT2D eigenvalue weighted by molar-refractivity contribution is 0.0880. The number of nitrogen functional groups attached to an aromatic ring is 1. The number of fused-ring (bicyclic) bond motifs is 1. The summed E-state index contributed by atoms with van der Waals surface area (Å²) < 4.78 is 1.21. The van der Waals surface area contributed by atoms with Crippen molar-refractivity contribution in [3.63, 3.8) is 0 Å². The first-order valence-electron chi connectivity index (χ1n) is 7.73. The lowest BCUT2D eigenvalue weighted by atomic mass is 10.1. The number of aromatic nitrogens is 1. The zero-order valence-electron chi connectivity index (χ0n) is 13.3. The summed E-state index contributed by atoms with van der Waals surface area (Å²) in [7, 11) is 0. The van der Waals surface area contributed by atoms with E-state index in [-0.39, 0.29) is 16.9 Å². The van der Waals surface area contributed by atoms with Gasteiger partial charge < -0.3 is 5.73 Å². The maximum Gasteiger partial charge on any atom is 0.262 e. The van der Waals surface area contributed by atoms with Gasteiger partial charge in [-0.1, -0.05) is 35.9 Å². The number of halogens is 1. The number of nitrogens with zero attached hydrogens (tertiary/aromatic N) is 1. The molecule has 2 amide bonds. The second-order valence-electron chi connectivity index (χ2n) is 5.83. The van der Waals surface area contributed by atoms with Crippen molar-refractivity contribution < 1.29 is 9.59 Å². The number of nitrogens with one attached hydrogen (secondary N) is 1. The molecule has 7 heteroatoms. The quantitative estimate of drug-likeness (QED) is 0.682. The summed E-state index contributed by atoms with van der Waals surface area (Å²) in [5.41, 5.74) is 7.90. The Labute approximate surface area is 152 Å². The van der Waals surface area contributed by atoms with E-state index in [1.807, 2.05) is 30.3 Å². The van der Waals surface area contributed by atoms with Gasteiger partial charge in [0.1, 0.15) is 5.82 Å². The third-order valence-electron chi connectivity index (χ3n) is 4.24. The van der Waals surface area contributed by atoms with Crippen LogP contribution in [0.15, 0.2) is 59.4 Å². The number of imide groups is 1. The van der Waals surface area contributed by atoms with E-state index in [2.05, 4.69) is 5.32 Å². The molecule has 2 aromatic carbocycles. The van der Waals surface area contributed by atoms with Crippen LogP contribution < -0.4 is 16.6 Å². The molecule has 6 nitrogen and oxygen atoms in total. The molecule has 0 saturated carbocycles. The lowest BCUT2D eigenvalue weighted by Crippen LogP contribution is -2.24. The number of pyridine rings is 1. The molecule has 0 radical (unpaired) electrons. The van der Waals surface area contributed by atoms with Crippen molar-refractivity contribution in [2.75, 3.05) is 5.73 Å². The Morgan fingerprint density at radius 3 is 2.31 bits per heavy atom. The van der Waals surface area contributed by atoms with Crippen molar-refractivity contribution in [1.29, 1.82) is 0 Å². The number of carbonyl (C=O) groups excluding carboxylic acids is 2. The third-order valence-corrected chi connectivity index (χ3v) is 4.47. The van der Waals surface area contributed by atoms with E-state index in [0.29, 0.717) is 10.7 Å². The van der Waals surface area contributed by atoms with Crippen molar-refractivity contribution in [2.45, 2.75) is 0 Å². The normalized spacial score (nSPS) is 12.8. The predicted molar refractivity (Wildman–Crippen MR) is 98.7 cm³/mol. The van der Waals surface area contributed by atoms with E-state index < -0.39 is 17.4 Å². The van der Waals surface area contributed by atoms with Gasteiger partial charge in [0.05, 0.1) is 16.8 Å². The fraction of sp³-hybridized carbons (Fsp3) is 0. The molecule has 26 heavy (non-hydrogen) atoms. The summed E-state index contributed by atoms with van der Waals surface area (Å²) in [6.45, 7) is 0. The highest BCUT2D eigenvalue weighted by atomic mass is 35.5. The summed E-state index contributed by atoms with van der Waals surface area (Å²) in [4.78, 5) is 36.1. The molecule has 0 saturated heterocycles. The molecule has 1 aromatic heterocycles. The van der Waals surface area contributed by atoms with Crippen LogP contribution in [0.1, 0.15) is 20.7 Å². The van der Waals surface area contributed by atoms with E-state index in [1.54, 1.807) is 18.2 Å². The molecule has 0 atom stereocenters. The van der Waals surface area contributed by atoms with Gasteiger partial charge in [0.25, 0.3) is 17.4 Å². The highest BCUT2D eigenvalue weighted by molar-refractivity contribution is 6.30. The molecule has 3 N–H and O–H groups in total. The van der Waals surface area contributed by atoms with Gasteiger partial charge in [0.2, 0.25) is 0 Å². The first-order chi connectivity index (χ1) is 12.5. The van der Waals surface area contributed by atoms with Crippen LogP contribution in [0, 0.1) is 0 Å². The monoisotopic (exact) mass is 365 g/mol. The van der Waals surface area contributed by atoms with Crippen LogP contribution in [-0.4, -0.2) is 16.4 Å². The molecule has 0 spiro atoms. The first-order valence-corrected chi connectivity index (χ1v) is 8.11. The van der Waals surface area contributed by atoms with Crippen molar-refractivity contribution >= 4 is 29.2 Å². The van der Waals surface area contributed by atoms with Gasteiger partial charge in [0.15, 0.2) is 0 Å². The smallest absolute Gasteiger partial charge is 0.262 e. The molecule has 2 heterocycles. The Bertz CT molecular complexity index is 1130. The van der Waals surface area contributed by atoms with Crippen LogP contribution in [0.3, 0.4) is 0 Å². The van der Waals surface area contributed by atoms with Gasteiger partial charge in [0, 0.05) is 11.1 Å². The average Bonchev–Trinajstić information content (AvgIpc) is 2.89. The number of amides is 2. The Hall–Kier alpha value is -3.38. The van der Waals surface area contributed by atoms with Crippen LogP contribution in [-0.2, 0) is 0 Å². The Morgan fingerprint density at radius 1 is 0.885 bits per heavy atom. The summed E-state index contributed by atoms with van der Waals surface area (Å²) in [6, 6.07) is 15.6. The topological polar surface area (TPSA) is 94.2 Å². The molecular weight excluding hydrogens is 354 g/mol. The maximum atomic E-state index is 12.4. The summed E-state index contributed by atoms with van der Waals surface area (Å²) >= 11 is 6.02. The fourth-order valence-corrected chi connectivity index (χ4v) is 3.21. The maximum absolute atomic E-state index is 12.4. The Kier molecular flexibility index (Phi) is 3.63. The van der Waals surface area contributed by atoms with Crippen molar-refractivity contribution in [1.82, 2.24) is 9.88 Å². The second kappa shape index (κ2) is 5.86. The van der Waals surface area contributed by atoms with E-state index in [1.165, 1.54) is 4.57 Å². The van der Waals surface area contributed by atoms with Gasteiger partial charge in [-0.3, -0.25) is 24.3 Å². The lowest BCUT2D eigenvalue weighted by Gasteiger charge is -2.12. The predicted octanol–water partition coefficient (Wildman–Crippen LogP) is 2.62. The van der Waals surface area contributed by atoms with E-state index in [9.17, 15) is 14.4 Å². The molecule has 3 aromatic rings. The van der Waals surface area contributed by atoms with E-state index >= 15 is 0 Å². The summed E-state index contributed by atoms with van der Waals surface area (Å²) in [6.07, 6.45) is 0. The van der Waals surface area contributed by atoms with Gasteiger partial charge in [-0.05, 0) is 35.4 Å². The zero-order chi connectivity index (χ0) is 18.4. The number of hydrogen-bond donors (Lipinski definition) is 2. The number of benzene rings is 2. The second-order valence-corrected chi connectivity index (χ2v) is 6.27. The van der Waals surface area contributed by atoms with Crippen LogP contribution in [0.2, 0.25) is 5.02 Å². The van der Waals surface area contributed by atoms with Crippen LogP contribution in [0.5, 0.6) is 0 Å². The van der Waals surface area contributed by atoms with Crippen molar-refractivity contribution in [2.24, 2.45) is 0 Å². The highest BCUT2D eigenvalue weighted by Gasteiger charge is 2.31. The minimum absolute atomic E-state index is 0.00398. The molecule has 128 valence electrons. The fourth-order valence-electron chi connectivity index (χ4n) is 3.02. The van der Waals surface area contributed by atoms with Crippen LogP contribution in [0.4, 0.5) is 5.82 Å². The van der Waals surface area contributed by atoms with Crippen molar-refractivity contribution in [3.05, 3.63) is 81.1 Å². The molecule has 0 unspecified atom stereocenters. The third kappa shape index (κ3) is 2.48. The zero-order valence-corrected chi connectivity index (χ0v) is 14.1. The van der Waals surface area contributed by atoms with Gasteiger partial charge in [-0.15, -0.1) is 0 Å². The number of rotatable bonds is 2. The molecule has 1 aliphatic rings. The SMILES string of the molecule is Nc1c2c(cc(=O)n1-c1ccc(-c3cccc(Cl)c3)cc1)C(=O)NC2=O. The molecule has 0 bridgehead atoms. The summed E-state index contributed by atoms with van der Waals surface area (Å²) in [5.74, 6) is -1.28. The highest BCUT2D eigenvalue weighted by Crippen LogP contribution is 2.26. The molecular formula is C19H12ClN3O3. The molecule has 4 rings (SSSR count). The van der Waals surface area contributed by atoms with E-state index in [0.717, 1.165) is 17.2 Å². The van der Waals surface area contributed by atoms with Gasteiger partial charge in [-0.25, -0.2) is 0 Å². The van der Waals surface area contributed by atoms with Crippen molar-refractivity contribution in [3.8, 4) is 16.8 Å². The standard InChI is InChI=1S/C19H12ClN3O3/c20-12-3-1-2-11(8-12)10-4-6-13(7-5-10)23-15(24)9-14-16(17(23)21)19(26)22-18(14)25/h1-9H,21H2,(H,22,25,26). The number of anilines is 1. The minimum Gasteiger partial charge on any atom is -0.384 e. The largest absolute Gasteiger partial charge is 0.384 e. The number of carbonyl (C=O) groups is 2. The first kappa shape index (κ1) is 16.1. The molecule has 1 aliphatic heterocycles. The van der Waals surface area contributed by atoms with Gasteiger partial charge in [-0.2, -0.15) is 0 Å². The number of nitrogens with two attached hydrogens (primary N) is 1. The van der Waals surface area contributed by atoms with Crippen LogP contribution in [0.25, 0.3) is 16.8 Å². The van der Waals surface area contributed by atoms with E-state index in [4.69, 9.17) is 17.3 Å². The Morgan fingerprint density at radius 2 is 1.62 bits per heavy atom. The molecule has 0 aliphatic carbocycles. The van der Waals surface area contributed by atoms with Gasteiger partial charge >= 0.3 is 0 Å². The van der Waals surface area contributed by atoms with Crippen LogP contribution >= 0.6 is 11.6 Å². The molecule has 0 fully saturated rings. The summed E-state index contributed by atoms with van der Waals surface area (Å²) in [5, 5.41) is 2.77. The average molecular weight is 366 g/mol. The minimum atomic E-state index is -0.614.